The molecule has 2 rings (SSSR count). The highest BCUT2D eigenvalue weighted by Gasteiger charge is 2.03. The standard InChI is InChI=1S/C16H14N2O2.C8H18O5.C3H8.CH5N/c17-16(12-6-8-15(20)9-7-12)13(11-19)10-18-14-4-2-1-3-5-14;9-1-3-11-5-7-13-8-6-12-4-2-10;1-3-2;1-2/h1-11,20H,17H2;9-10H,1-8H2;3H2,1-2H3;2H2,1H3/b16-13+,18-10?;;;. The first-order valence-corrected chi connectivity index (χ1v) is 12.4. The third-order valence-electron chi connectivity index (χ3n) is 3.94. The molecule has 10 nitrogen and oxygen atoms in total. The second kappa shape index (κ2) is 28.5. The van der Waals surface area contributed by atoms with Gasteiger partial charge in [-0.2, -0.15) is 0 Å². The number of carbonyl (C=O) groups excluding carboxylic acids is 1. The van der Waals surface area contributed by atoms with Crippen molar-refractivity contribution < 1.29 is 34.3 Å². The quantitative estimate of drug-likeness (QED) is 0.106. The second-order valence-corrected chi connectivity index (χ2v) is 7.12. The molecule has 214 valence electrons. The highest BCUT2D eigenvalue weighted by atomic mass is 16.5. The fourth-order valence-electron chi connectivity index (χ4n) is 2.30. The van der Waals surface area contributed by atoms with Gasteiger partial charge in [-0.05, 0) is 49.0 Å². The van der Waals surface area contributed by atoms with Gasteiger partial charge in [0.25, 0.3) is 0 Å². The summed E-state index contributed by atoms with van der Waals surface area (Å²) in [5.41, 5.74) is 12.4. The lowest BCUT2D eigenvalue weighted by Gasteiger charge is -2.04. The largest absolute Gasteiger partial charge is 0.508 e. The lowest BCUT2D eigenvalue weighted by atomic mass is 10.1. The van der Waals surface area contributed by atoms with Crippen LogP contribution >= 0.6 is 0 Å². The van der Waals surface area contributed by atoms with Crippen LogP contribution < -0.4 is 11.5 Å². The summed E-state index contributed by atoms with van der Waals surface area (Å²) in [6.45, 7) is 7.01. The number of phenols is 1. The minimum absolute atomic E-state index is 0.0413. The number of ether oxygens (including phenoxy) is 3. The van der Waals surface area contributed by atoms with Crippen molar-refractivity contribution in [2.24, 2.45) is 16.5 Å². The molecule has 2 aromatic rings. The summed E-state index contributed by atoms with van der Waals surface area (Å²) >= 11 is 0. The van der Waals surface area contributed by atoms with Gasteiger partial charge in [0.15, 0.2) is 6.29 Å². The number of aliphatic hydroxyl groups is 2. The maximum absolute atomic E-state index is 11.1. The van der Waals surface area contributed by atoms with Crippen LogP contribution in [0.2, 0.25) is 0 Å². The predicted molar refractivity (Wildman–Crippen MR) is 153 cm³/mol. The topological polar surface area (TPSA) is 170 Å². The number of aliphatic hydroxyl groups excluding tert-OH is 2. The van der Waals surface area contributed by atoms with Crippen molar-refractivity contribution in [1.82, 2.24) is 0 Å². The van der Waals surface area contributed by atoms with E-state index in [1.807, 2.05) is 30.3 Å². The first kappa shape index (κ1) is 37.0. The summed E-state index contributed by atoms with van der Waals surface area (Å²) in [4.78, 5) is 15.3. The Morgan fingerprint density at radius 2 is 1.26 bits per heavy atom. The van der Waals surface area contributed by atoms with Crippen LogP contribution in [-0.4, -0.2) is 87.7 Å². The Bertz CT molecular complexity index is 835. The van der Waals surface area contributed by atoms with Crippen molar-refractivity contribution in [3.63, 3.8) is 0 Å². The zero-order valence-corrected chi connectivity index (χ0v) is 22.8. The van der Waals surface area contributed by atoms with E-state index in [4.69, 9.17) is 30.2 Å². The molecule has 0 radical (unpaired) electrons. The van der Waals surface area contributed by atoms with E-state index >= 15 is 0 Å². The van der Waals surface area contributed by atoms with Crippen LogP contribution in [0.15, 0.2) is 65.2 Å². The Morgan fingerprint density at radius 3 is 1.68 bits per heavy atom. The van der Waals surface area contributed by atoms with E-state index in [0.717, 1.165) is 5.69 Å². The molecule has 0 aliphatic rings. The maximum atomic E-state index is 11.1. The lowest BCUT2D eigenvalue weighted by Crippen LogP contribution is -2.11. The van der Waals surface area contributed by atoms with Crippen LogP contribution in [0, 0.1) is 0 Å². The number of aromatic hydroxyl groups is 1. The Morgan fingerprint density at radius 1 is 0.816 bits per heavy atom. The second-order valence-electron chi connectivity index (χ2n) is 7.12. The van der Waals surface area contributed by atoms with Gasteiger partial charge in [0.2, 0.25) is 0 Å². The smallest absolute Gasteiger partial charge is 0.153 e. The molecule has 0 spiro atoms. The maximum Gasteiger partial charge on any atom is 0.153 e. The number of aliphatic imine (C=N–C) groups is 1. The number of carbonyl (C=O) groups is 1. The fourth-order valence-corrected chi connectivity index (χ4v) is 2.30. The van der Waals surface area contributed by atoms with E-state index < -0.39 is 0 Å². The summed E-state index contributed by atoms with van der Waals surface area (Å²) in [6, 6.07) is 15.6. The third-order valence-corrected chi connectivity index (χ3v) is 3.94. The average Bonchev–Trinajstić information content (AvgIpc) is 2.95. The molecule has 0 aromatic heterocycles. The number of nitrogens with zero attached hydrogens (tertiary/aromatic N) is 1. The number of aldehydes is 1. The van der Waals surface area contributed by atoms with Crippen LogP contribution in [0.4, 0.5) is 5.69 Å². The van der Waals surface area contributed by atoms with E-state index in [9.17, 15) is 9.90 Å². The zero-order chi connectivity index (χ0) is 28.9. The molecule has 2 aromatic carbocycles. The van der Waals surface area contributed by atoms with E-state index in [2.05, 4.69) is 24.6 Å². The number of para-hydroxylation sites is 1. The minimum atomic E-state index is 0.0413. The molecule has 10 heteroatoms. The summed E-state index contributed by atoms with van der Waals surface area (Å²) in [6.07, 6.45) is 3.35. The summed E-state index contributed by atoms with van der Waals surface area (Å²) in [5.74, 6) is 0.146. The lowest BCUT2D eigenvalue weighted by molar-refractivity contribution is -0.104. The molecule has 0 aliphatic carbocycles. The third kappa shape index (κ3) is 21.0. The van der Waals surface area contributed by atoms with Crippen molar-refractivity contribution in [1.29, 1.82) is 0 Å². The number of hydrogen-bond acceptors (Lipinski definition) is 10. The number of allylic oxidation sites excluding steroid dienone is 1. The zero-order valence-electron chi connectivity index (χ0n) is 22.8. The van der Waals surface area contributed by atoms with Gasteiger partial charge in [-0.25, -0.2) is 0 Å². The van der Waals surface area contributed by atoms with Crippen LogP contribution in [-0.2, 0) is 19.0 Å². The number of nitrogens with two attached hydrogens (primary N) is 2. The summed E-state index contributed by atoms with van der Waals surface area (Å²) in [7, 11) is 1.50. The van der Waals surface area contributed by atoms with Crippen LogP contribution in [0.5, 0.6) is 5.75 Å². The highest BCUT2D eigenvalue weighted by Crippen LogP contribution is 2.17. The predicted octanol–water partition coefficient (Wildman–Crippen LogP) is 2.68. The molecule has 0 aliphatic heterocycles. The van der Waals surface area contributed by atoms with E-state index in [1.54, 1.807) is 12.1 Å². The van der Waals surface area contributed by atoms with Crippen molar-refractivity contribution in [3.05, 3.63) is 65.7 Å². The SMILES string of the molecule is CCC.CN.N/C(=C(/C=O)C=Nc1ccccc1)c1ccc(O)cc1.OCCOCCOCCOCCO. The van der Waals surface area contributed by atoms with Gasteiger partial charge in [-0.15, -0.1) is 0 Å². The molecule has 0 unspecified atom stereocenters. The number of hydrogen-bond donors (Lipinski definition) is 5. The van der Waals surface area contributed by atoms with Crippen molar-refractivity contribution >= 4 is 23.9 Å². The molecule has 0 saturated carbocycles. The van der Waals surface area contributed by atoms with Gasteiger partial charge in [0, 0.05) is 6.21 Å². The van der Waals surface area contributed by atoms with E-state index in [1.165, 1.54) is 31.8 Å². The van der Waals surface area contributed by atoms with Gasteiger partial charge in [-0.3, -0.25) is 9.79 Å². The Hall–Kier alpha value is -3.12. The molecule has 7 N–H and O–H groups in total. The Labute approximate surface area is 226 Å². The van der Waals surface area contributed by atoms with Crippen molar-refractivity contribution in [2.45, 2.75) is 20.3 Å². The van der Waals surface area contributed by atoms with Gasteiger partial charge in [-0.1, -0.05) is 38.5 Å². The normalized spacial score (nSPS) is 10.7. The average molecular weight is 536 g/mol. The summed E-state index contributed by atoms with van der Waals surface area (Å²) < 4.78 is 15.0. The first-order chi connectivity index (χ1) is 18.5. The van der Waals surface area contributed by atoms with Crippen molar-refractivity contribution in [3.8, 4) is 5.75 Å². The minimum Gasteiger partial charge on any atom is -0.508 e. The first-order valence-electron chi connectivity index (χ1n) is 12.4. The molecule has 0 heterocycles. The van der Waals surface area contributed by atoms with Crippen molar-refractivity contribution in [2.75, 3.05) is 59.9 Å². The van der Waals surface area contributed by atoms with Crippen LogP contribution in [0.3, 0.4) is 0 Å². The molecule has 0 bridgehead atoms. The van der Waals surface area contributed by atoms with E-state index in [0.29, 0.717) is 62.8 Å². The van der Waals surface area contributed by atoms with Gasteiger partial charge in [0.1, 0.15) is 5.75 Å². The fraction of sp³-hybridized carbons (Fsp3) is 0.429. The van der Waals surface area contributed by atoms with Gasteiger partial charge < -0.3 is 41.0 Å². The highest BCUT2D eigenvalue weighted by molar-refractivity contribution is 6.09. The van der Waals surface area contributed by atoms with E-state index in [-0.39, 0.29) is 19.0 Å². The number of rotatable bonds is 14. The van der Waals surface area contributed by atoms with Gasteiger partial charge >= 0.3 is 0 Å². The summed E-state index contributed by atoms with van der Waals surface area (Å²) in [5, 5.41) is 25.9. The van der Waals surface area contributed by atoms with Crippen LogP contribution in [0.25, 0.3) is 5.70 Å². The molecule has 0 fully saturated rings. The monoisotopic (exact) mass is 535 g/mol. The molecular formula is C28H45N3O7. The Balaban J connectivity index is 0. The number of phenolic OH excluding ortho intramolecular Hbond substituents is 1. The van der Waals surface area contributed by atoms with Gasteiger partial charge in [0.05, 0.1) is 69.8 Å². The molecule has 0 amide bonds. The molecular weight excluding hydrogens is 490 g/mol. The number of benzene rings is 2. The van der Waals surface area contributed by atoms with Crippen LogP contribution in [0.1, 0.15) is 25.8 Å². The molecule has 38 heavy (non-hydrogen) atoms. The Kier molecular flexibility index (Phi) is 27.7. The molecule has 0 saturated heterocycles. The molecule has 0 atom stereocenters.